The number of rotatable bonds is 6. The summed E-state index contributed by atoms with van der Waals surface area (Å²) in [5, 5.41) is 3.68. The maximum Gasteiger partial charge on any atom is 0.227 e. The largest absolute Gasteiger partial charge is 0.352 e. The first-order valence-corrected chi connectivity index (χ1v) is 9.32. The molecule has 2 aromatic carbocycles. The van der Waals surface area contributed by atoms with E-state index in [4.69, 9.17) is 11.6 Å². The van der Waals surface area contributed by atoms with Crippen molar-refractivity contribution in [1.29, 1.82) is 0 Å². The van der Waals surface area contributed by atoms with Crippen molar-refractivity contribution in [3.05, 3.63) is 64.2 Å². The molecule has 0 radical (unpaired) electrons. The number of nitrogens with one attached hydrogen (secondary N) is 1. The molecule has 4 nitrogen and oxygen atoms in total. The number of benzene rings is 2. The van der Waals surface area contributed by atoms with Crippen LogP contribution in [0.3, 0.4) is 0 Å². The molecule has 1 fully saturated rings. The molecule has 0 spiro atoms. The fraction of sp³-hybridized carbons (Fsp3) is 0.333. The molecular weight excluding hydrogens is 348 g/mol. The van der Waals surface area contributed by atoms with Gasteiger partial charge in [0.25, 0.3) is 0 Å². The molecule has 1 N–H and O–H groups in total. The summed E-state index contributed by atoms with van der Waals surface area (Å²) in [6, 6.07) is 13.7. The highest BCUT2D eigenvalue weighted by Crippen LogP contribution is 2.21. The molecule has 26 heavy (non-hydrogen) atoms. The van der Waals surface area contributed by atoms with Crippen molar-refractivity contribution in [3.8, 4) is 0 Å². The van der Waals surface area contributed by atoms with E-state index in [1.165, 1.54) is 0 Å². The van der Waals surface area contributed by atoms with Crippen LogP contribution in [0.25, 0.3) is 0 Å². The van der Waals surface area contributed by atoms with Crippen LogP contribution in [-0.4, -0.2) is 18.4 Å². The Bertz CT molecular complexity index is 802. The Morgan fingerprint density at radius 3 is 2.54 bits per heavy atom. The normalized spacial score (nSPS) is 13.9. The first kappa shape index (κ1) is 18.5. The molecule has 0 atom stereocenters. The van der Waals surface area contributed by atoms with Gasteiger partial charge in [-0.1, -0.05) is 35.9 Å². The summed E-state index contributed by atoms with van der Waals surface area (Å²) in [4.78, 5) is 25.6. The second kappa shape index (κ2) is 8.37. The van der Waals surface area contributed by atoms with Gasteiger partial charge < -0.3 is 10.2 Å². The summed E-state index contributed by atoms with van der Waals surface area (Å²) in [7, 11) is 0. The van der Waals surface area contributed by atoms with Crippen molar-refractivity contribution in [2.45, 2.75) is 39.2 Å². The molecular formula is C21H23ClN2O2. The summed E-state index contributed by atoms with van der Waals surface area (Å²) in [6.07, 6.45) is 2.65. The molecule has 0 aliphatic carbocycles. The molecule has 0 unspecified atom stereocenters. The minimum atomic E-state index is 0.0143. The molecule has 0 aromatic heterocycles. The summed E-state index contributed by atoms with van der Waals surface area (Å²) < 4.78 is 0. The third kappa shape index (κ3) is 4.64. The number of halogens is 1. The Morgan fingerprint density at radius 1 is 1.15 bits per heavy atom. The van der Waals surface area contributed by atoms with Crippen LogP contribution in [0.4, 0.5) is 5.69 Å². The van der Waals surface area contributed by atoms with E-state index in [0.29, 0.717) is 25.8 Å². The Morgan fingerprint density at radius 2 is 1.88 bits per heavy atom. The molecule has 0 saturated carbocycles. The Balaban J connectivity index is 1.46. The fourth-order valence-electron chi connectivity index (χ4n) is 3.05. The summed E-state index contributed by atoms with van der Waals surface area (Å²) >= 11 is 6.11. The lowest BCUT2D eigenvalue weighted by Gasteiger charge is -2.16. The molecule has 1 saturated heterocycles. The van der Waals surface area contributed by atoms with Crippen molar-refractivity contribution in [2.24, 2.45) is 0 Å². The van der Waals surface area contributed by atoms with Crippen LogP contribution in [-0.2, 0) is 22.6 Å². The van der Waals surface area contributed by atoms with Crippen LogP contribution in [0.15, 0.2) is 42.5 Å². The van der Waals surface area contributed by atoms with Crippen molar-refractivity contribution in [2.75, 3.05) is 11.4 Å². The predicted molar refractivity (Wildman–Crippen MR) is 104 cm³/mol. The first-order valence-electron chi connectivity index (χ1n) is 8.94. The number of amides is 2. The van der Waals surface area contributed by atoms with E-state index in [9.17, 15) is 9.59 Å². The second-order valence-electron chi connectivity index (χ2n) is 6.68. The van der Waals surface area contributed by atoms with E-state index < -0.39 is 0 Å². The van der Waals surface area contributed by atoms with Gasteiger partial charge in [0.1, 0.15) is 0 Å². The van der Waals surface area contributed by atoms with Gasteiger partial charge in [-0.3, -0.25) is 9.59 Å². The quantitative estimate of drug-likeness (QED) is 0.834. The number of hydrogen-bond acceptors (Lipinski definition) is 2. The SMILES string of the molecule is Cc1ccc(CCC(=O)NCc2ccc(N3CCCC3=O)cc2)cc1Cl. The zero-order chi connectivity index (χ0) is 18.5. The summed E-state index contributed by atoms with van der Waals surface area (Å²) in [5.41, 5.74) is 4.06. The highest BCUT2D eigenvalue weighted by atomic mass is 35.5. The molecule has 5 heteroatoms. The number of nitrogens with zero attached hydrogens (tertiary/aromatic N) is 1. The van der Waals surface area contributed by atoms with Crippen molar-refractivity contribution < 1.29 is 9.59 Å². The van der Waals surface area contributed by atoms with Crippen LogP contribution in [0.5, 0.6) is 0 Å². The maximum atomic E-state index is 12.1. The number of carbonyl (C=O) groups is 2. The van der Waals surface area contributed by atoms with Crippen LogP contribution in [0.1, 0.15) is 36.0 Å². The molecule has 3 rings (SSSR count). The minimum Gasteiger partial charge on any atom is -0.352 e. The van der Waals surface area contributed by atoms with Gasteiger partial charge in [0.2, 0.25) is 11.8 Å². The van der Waals surface area contributed by atoms with Gasteiger partial charge in [0.05, 0.1) is 0 Å². The molecule has 1 aliphatic heterocycles. The van der Waals surface area contributed by atoms with E-state index in [0.717, 1.165) is 40.4 Å². The van der Waals surface area contributed by atoms with Gasteiger partial charge in [-0.15, -0.1) is 0 Å². The molecule has 136 valence electrons. The maximum absolute atomic E-state index is 12.1. The summed E-state index contributed by atoms with van der Waals surface area (Å²) in [5.74, 6) is 0.197. The monoisotopic (exact) mass is 370 g/mol. The Kier molecular flexibility index (Phi) is 5.94. The van der Waals surface area contributed by atoms with Crippen molar-refractivity contribution in [1.82, 2.24) is 5.32 Å². The average Bonchev–Trinajstić information content (AvgIpc) is 3.07. The van der Waals surface area contributed by atoms with Crippen LogP contribution in [0.2, 0.25) is 5.02 Å². The van der Waals surface area contributed by atoms with Crippen LogP contribution in [0, 0.1) is 6.92 Å². The zero-order valence-corrected chi connectivity index (χ0v) is 15.7. The molecule has 2 aromatic rings. The third-order valence-corrected chi connectivity index (χ3v) is 5.10. The Hall–Kier alpha value is -2.33. The van der Waals surface area contributed by atoms with Gasteiger partial charge in [-0.2, -0.15) is 0 Å². The molecule has 0 bridgehead atoms. The number of hydrogen-bond donors (Lipinski definition) is 1. The lowest BCUT2D eigenvalue weighted by atomic mass is 10.1. The zero-order valence-electron chi connectivity index (χ0n) is 14.9. The van der Waals surface area contributed by atoms with Crippen molar-refractivity contribution >= 4 is 29.1 Å². The molecule has 1 aliphatic rings. The highest BCUT2D eigenvalue weighted by Gasteiger charge is 2.21. The van der Waals surface area contributed by atoms with E-state index in [1.54, 1.807) is 0 Å². The minimum absolute atomic E-state index is 0.0143. The predicted octanol–water partition coefficient (Wildman–Crippen LogP) is 4.02. The van der Waals surface area contributed by atoms with Crippen LogP contribution < -0.4 is 10.2 Å². The lowest BCUT2D eigenvalue weighted by molar-refractivity contribution is -0.121. The Labute approximate surface area is 159 Å². The standard InChI is InChI=1S/C21H23ClN2O2/c1-15-4-5-16(13-19(15)22)8-11-20(25)23-14-17-6-9-18(10-7-17)24-12-2-3-21(24)26/h4-7,9-10,13H,2-3,8,11-12,14H2,1H3,(H,23,25). The van der Waals surface area contributed by atoms with Gasteiger partial charge >= 0.3 is 0 Å². The number of aryl methyl sites for hydroxylation is 2. The molecule has 2 amide bonds. The van der Waals surface area contributed by atoms with Gasteiger partial charge in [0, 0.05) is 36.6 Å². The topological polar surface area (TPSA) is 49.4 Å². The fourth-order valence-corrected chi connectivity index (χ4v) is 3.26. The van der Waals surface area contributed by atoms with E-state index in [-0.39, 0.29) is 11.8 Å². The van der Waals surface area contributed by atoms with Gasteiger partial charge in [-0.05, 0) is 54.7 Å². The van der Waals surface area contributed by atoms with E-state index in [2.05, 4.69) is 5.32 Å². The average molecular weight is 371 g/mol. The van der Waals surface area contributed by atoms with E-state index in [1.807, 2.05) is 54.3 Å². The van der Waals surface area contributed by atoms with Crippen molar-refractivity contribution in [3.63, 3.8) is 0 Å². The molecule has 1 heterocycles. The summed E-state index contributed by atoms with van der Waals surface area (Å²) in [6.45, 7) is 3.24. The second-order valence-corrected chi connectivity index (χ2v) is 7.08. The number of carbonyl (C=O) groups excluding carboxylic acids is 2. The van der Waals surface area contributed by atoms with Gasteiger partial charge in [-0.25, -0.2) is 0 Å². The number of anilines is 1. The van der Waals surface area contributed by atoms with Gasteiger partial charge in [0.15, 0.2) is 0 Å². The third-order valence-electron chi connectivity index (χ3n) is 4.69. The van der Waals surface area contributed by atoms with E-state index >= 15 is 0 Å². The smallest absolute Gasteiger partial charge is 0.227 e. The first-order chi connectivity index (χ1) is 12.5. The highest BCUT2D eigenvalue weighted by molar-refractivity contribution is 6.31. The van der Waals surface area contributed by atoms with Crippen LogP contribution >= 0.6 is 11.6 Å². The lowest BCUT2D eigenvalue weighted by Crippen LogP contribution is -2.24.